The molecular weight excluding hydrogens is 451 g/mol. The highest BCUT2D eigenvalue weighted by Gasteiger charge is 2.25. The molecule has 0 bridgehead atoms. The molecule has 196 valence electrons. The van der Waals surface area contributed by atoms with E-state index in [2.05, 4.69) is 18.4 Å². The fourth-order valence-electron chi connectivity index (χ4n) is 3.09. The molecular formula is C23H45O9P. The van der Waals surface area contributed by atoms with Crippen molar-refractivity contribution in [2.45, 2.75) is 110 Å². The Labute approximate surface area is 199 Å². The molecule has 0 aromatic heterocycles. The van der Waals surface area contributed by atoms with Crippen molar-refractivity contribution >= 4 is 19.8 Å². The van der Waals surface area contributed by atoms with Crippen molar-refractivity contribution in [1.82, 2.24) is 0 Å². The quantitative estimate of drug-likeness (QED) is 0.113. The molecule has 0 radical (unpaired) electrons. The molecule has 0 spiro atoms. The van der Waals surface area contributed by atoms with E-state index in [4.69, 9.17) is 19.1 Å². The van der Waals surface area contributed by atoms with E-state index < -0.39 is 39.1 Å². The topological polar surface area (TPSA) is 129 Å². The Bertz CT molecular complexity index is 542. The van der Waals surface area contributed by atoms with Gasteiger partial charge in [-0.05, 0) is 12.8 Å². The number of carbonyl (C=O) groups is 2. The number of hydrogen-bond donors (Lipinski definition) is 2. The number of esters is 2. The maximum absolute atomic E-state index is 12.1. The highest BCUT2D eigenvalue weighted by molar-refractivity contribution is 7.47. The minimum atomic E-state index is -4.41. The Balaban J connectivity index is 4.43. The van der Waals surface area contributed by atoms with Crippen LogP contribution >= 0.6 is 7.82 Å². The normalized spacial score (nSPS) is 13.9. The van der Waals surface area contributed by atoms with Gasteiger partial charge in [-0.15, -0.1) is 0 Å². The summed E-state index contributed by atoms with van der Waals surface area (Å²) in [4.78, 5) is 33.8. The van der Waals surface area contributed by atoms with Gasteiger partial charge in [-0.25, -0.2) is 4.57 Å². The minimum Gasteiger partial charge on any atom is -0.462 e. The highest BCUT2D eigenvalue weighted by atomic mass is 31.2. The molecule has 33 heavy (non-hydrogen) atoms. The van der Waals surface area contributed by atoms with Gasteiger partial charge in [0.15, 0.2) is 6.10 Å². The van der Waals surface area contributed by atoms with Crippen LogP contribution in [0.4, 0.5) is 0 Å². The molecule has 0 saturated heterocycles. The van der Waals surface area contributed by atoms with Crippen LogP contribution in [0.5, 0.6) is 0 Å². The Morgan fingerprint density at radius 1 is 0.758 bits per heavy atom. The summed E-state index contributed by atoms with van der Waals surface area (Å²) in [5, 5.41) is 8.71. The number of carbonyl (C=O) groups excluding carboxylic acids is 2. The second-order valence-corrected chi connectivity index (χ2v) is 9.61. The van der Waals surface area contributed by atoms with Crippen LogP contribution in [0.1, 0.15) is 104 Å². The third kappa shape index (κ3) is 21.3. The van der Waals surface area contributed by atoms with Gasteiger partial charge in [0.05, 0.1) is 19.8 Å². The van der Waals surface area contributed by atoms with E-state index in [1.54, 1.807) is 0 Å². The van der Waals surface area contributed by atoms with Crippen LogP contribution in [0.25, 0.3) is 0 Å². The summed E-state index contributed by atoms with van der Waals surface area (Å²) in [7, 11) is -4.41. The predicted molar refractivity (Wildman–Crippen MR) is 126 cm³/mol. The van der Waals surface area contributed by atoms with Crippen molar-refractivity contribution in [1.29, 1.82) is 0 Å². The van der Waals surface area contributed by atoms with E-state index in [1.165, 1.54) is 19.3 Å². The summed E-state index contributed by atoms with van der Waals surface area (Å²) in [6.07, 6.45) is 11.9. The average Bonchev–Trinajstić information content (AvgIpc) is 2.78. The first-order chi connectivity index (χ1) is 15.8. The van der Waals surface area contributed by atoms with Crippen LogP contribution in [0.2, 0.25) is 0 Å². The molecule has 0 aliphatic carbocycles. The monoisotopic (exact) mass is 496 g/mol. The molecule has 0 aromatic rings. The number of unbranched alkanes of at least 4 members (excludes halogenated alkanes) is 10. The molecule has 10 heteroatoms. The SMILES string of the molecule is CCCCCCCCCC(=O)OC[C@H](COP(=O)(O)OCCO)OC(=O)CCCCCCC. The lowest BCUT2D eigenvalue weighted by Crippen LogP contribution is -2.29. The van der Waals surface area contributed by atoms with Crippen LogP contribution in [0.15, 0.2) is 0 Å². The Morgan fingerprint density at radius 3 is 1.82 bits per heavy atom. The van der Waals surface area contributed by atoms with Gasteiger partial charge in [-0.3, -0.25) is 18.6 Å². The number of hydrogen-bond acceptors (Lipinski definition) is 8. The van der Waals surface area contributed by atoms with Gasteiger partial charge in [-0.1, -0.05) is 78.1 Å². The second-order valence-electron chi connectivity index (χ2n) is 8.15. The zero-order valence-electron chi connectivity index (χ0n) is 20.5. The van der Waals surface area contributed by atoms with Gasteiger partial charge in [0.1, 0.15) is 6.61 Å². The van der Waals surface area contributed by atoms with E-state index in [-0.39, 0.29) is 26.1 Å². The van der Waals surface area contributed by atoms with Crippen LogP contribution < -0.4 is 0 Å². The number of phosphoric ester groups is 1. The predicted octanol–water partition coefficient (Wildman–Crippen LogP) is 5.07. The maximum Gasteiger partial charge on any atom is 0.472 e. The first-order valence-electron chi connectivity index (χ1n) is 12.4. The van der Waals surface area contributed by atoms with E-state index in [0.717, 1.165) is 51.4 Å². The standard InChI is InChI=1S/C23H45O9P/c1-3-5-7-9-10-12-13-15-22(25)29-19-21(20-31-33(27,28)30-18-17-24)32-23(26)16-14-11-8-6-4-2/h21,24H,3-20H2,1-2H3,(H,27,28)/t21-/m1/s1. The van der Waals surface area contributed by atoms with Crippen molar-refractivity contribution in [2.75, 3.05) is 26.4 Å². The lowest BCUT2D eigenvalue weighted by molar-refractivity contribution is -0.161. The van der Waals surface area contributed by atoms with Crippen LogP contribution in [-0.2, 0) is 32.7 Å². The summed E-state index contributed by atoms with van der Waals surface area (Å²) >= 11 is 0. The van der Waals surface area contributed by atoms with Crippen molar-refractivity contribution in [3.8, 4) is 0 Å². The first kappa shape index (κ1) is 32.0. The molecule has 2 atom stereocenters. The number of phosphoric acid groups is 1. The number of ether oxygens (including phenoxy) is 2. The number of aliphatic hydroxyl groups excluding tert-OH is 1. The van der Waals surface area contributed by atoms with Gasteiger partial charge in [-0.2, -0.15) is 0 Å². The Kier molecular flexibility index (Phi) is 20.9. The van der Waals surface area contributed by atoms with Crippen molar-refractivity contribution in [3.05, 3.63) is 0 Å². The van der Waals surface area contributed by atoms with Crippen molar-refractivity contribution < 1.29 is 42.7 Å². The molecule has 0 heterocycles. The molecule has 0 saturated carbocycles. The fourth-order valence-corrected chi connectivity index (χ4v) is 3.83. The van der Waals surface area contributed by atoms with E-state index >= 15 is 0 Å². The fraction of sp³-hybridized carbons (Fsp3) is 0.913. The lowest BCUT2D eigenvalue weighted by atomic mass is 10.1. The zero-order valence-corrected chi connectivity index (χ0v) is 21.4. The number of aliphatic hydroxyl groups is 1. The summed E-state index contributed by atoms with van der Waals surface area (Å²) in [6, 6.07) is 0. The number of rotatable bonds is 23. The van der Waals surface area contributed by atoms with Gasteiger partial charge in [0.25, 0.3) is 0 Å². The third-order valence-corrected chi connectivity index (χ3v) is 5.95. The molecule has 1 unspecified atom stereocenters. The summed E-state index contributed by atoms with van der Waals surface area (Å²) in [6.45, 7) is 2.73. The third-order valence-electron chi connectivity index (χ3n) is 4.97. The zero-order chi connectivity index (χ0) is 24.8. The molecule has 0 aliphatic rings. The van der Waals surface area contributed by atoms with E-state index in [9.17, 15) is 19.0 Å². The van der Waals surface area contributed by atoms with Crippen LogP contribution in [0, 0.1) is 0 Å². The molecule has 0 fully saturated rings. The summed E-state index contributed by atoms with van der Waals surface area (Å²) < 4.78 is 31.7. The van der Waals surface area contributed by atoms with Gasteiger partial charge in [0.2, 0.25) is 0 Å². The average molecular weight is 497 g/mol. The van der Waals surface area contributed by atoms with Crippen molar-refractivity contribution in [2.24, 2.45) is 0 Å². The molecule has 0 rings (SSSR count). The maximum atomic E-state index is 12.1. The minimum absolute atomic E-state index is 0.212. The lowest BCUT2D eigenvalue weighted by Gasteiger charge is -2.19. The Hall–Kier alpha value is -0.990. The van der Waals surface area contributed by atoms with E-state index in [1.807, 2.05) is 0 Å². The Morgan fingerprint density at radius 2 is 1.27 bits per heavy atom. The molecule has 9 nitrogen and oxygen atoms in total. The smallest absolute Gasteiger partial charge is 0.462 e. The molecule has 0 amide bonds. The summed E-state index contributed by atoms with van der Waals surface area (Å²) in [5.41, 5.74) is 0. The van der Waals surface area contributed by atoms with Gasteiger partial charge in [0, 0.05) is 12.8 Å². The van der Waals surface area contributed by atoms with Crippen molar-refractivity contribution in [3.63, 3.8) is 0 Å². The second kappa shape index (κ2) is 21.5. The highest BCUT2D eigenvalue weighted by Crippen LogP contribution is 2.43. The van der Waals surface area contributed by atoms with Crippen LogP contribution in [-0.4, -0.2) is 54.5 Å². The first-order valence-corrected chi connectivity index (χ1v) is 13.9. The largest absolute Gasteiger partial charge is 0.472 e. The van der Waals surface area contributed by atoms with Crippen LogP contribution in [0.3, 0.4) is 0 Å². The molecule has 0 aliphatic heterocycles. The van der Waals surface area contributed by atoms with E-state index in [0.29, 0.717) is 6.42 Å². The summed E-state index contributed by atoms with van der Waals surface area (Å²) in [5.74, 6) is -0.889. The van der Waals surface area contributed by atoms with Gasteiger partial charge >= 0.3 is 19.8 Å². The molecule has 2 N–H and O–H groups in total. The molecule has 0 aromatic carbocycles. The van der Waals surface area contributed by atoms with Gasteiger partial charge < -0.3 is 19.5 Å².